The maximum absolute atomic E-state index is 12.5. The van der Waals surface area contributed by atoms with Crippen molar-refractivity contribution < 1.29 is 14.3 Å². The molecule has 0 heterocycles. The van der Waals surface area contributed by atoms with Crippen molar-refractivity contribution >= 4 is 60.8 Å². The molecule has 8 heteroatoms. The molecule has 132 valence electrons. The number of amides is 1. The van der Waals surface area contributed by atoms with Crippen molar-refractivity contribution in [3.05, 3.63) is 57.0 Å². The fraction of sp³-hybridized carbons (Fsp3) is 0.176. The summed E-state index contributed by atoms with van der Waals surface area (Å²) in [5.41, 5.74) is 1.16. The van der Waals surface area contributed by atoms with Crippen molar-refractivity contribution in [2.24, 2.45) is 0 Å². The van der Waals surface area contributed by atoms with Gasteiger partial charge < -0.3 is 14.8 Å². The molecule has 5 nitrogen and oxygen atoms in total. The molecule has 0 fully saturated rings. The number of halogens is 2. The number of anilines is 1. The van der Waals surface area contributed by atoms with Gasteiger partial charge in [0.25, 0.3) is 5.91 Å². The van der Waals surface area contributed by atoms with Gasteiger partial charge in [0.1, 0.15) is 12.4 Å². The van der Waals surface area contributed by atoms with E-state index in [1.165, 1.54) is 0 Å². The molecule has 25 heavy (non-hydrogen) atoms. The Labute approximate surface area is 168 Å². The Balaban J connectivity index is 2.04. The second-order valence-electron chi connectivity index (χ2n) is 4.90. The van der Waals surface area contributed by atoms with Gasteiger partial charge in [-0.25, -0.2) is 0 Å². The molecule has 2 N–H and O–H groups in total. The highest BCUT2D eigenvalue weighted by Gasteiger charge is 2.15. The zero-order valence-corrected chi connectivity index (χ0v) is 17.3. The number of hydrogen-bond acceptors (Lipinski definition) is 4. The quantitative estimate of drug-likeness (QED) is 0.468. The van der Waals surface area contributed by atoms with E-state index in [2.05, 4.69) is 42.5 Å². The Bertz CT molecular complexity index is 754. The van der Waals surface area contributed by atoms with Crippen molar-refractivity contribution in [1.82, 2.24) is 5.32 Å². The Hall–Kier alpha value is -1.48. The van der Waals surface area contributed by atoms with Crippen LogP contribution >= 0.6 is 44.1 Å². The zero-order valence-electron chi connectivity index (χ0n) is 13.3. The lowest BCUT2D eigenvalue weighted by Gasteiger charge is -2.13. The van der Waals surface area contributed by atoms with E-state index in [0.29, 0.717) is 24.5 Å². The Kier molecular flexibility index (Phi) is 7.83. The largest absolute Gasteiger partial charge is 0.490 e. The van der Waals surface area contributed by atoms with E-state index in [4.69, 9.17) is 21.7 Å². The average Bonchev–Trinajstić information content (AvgIpc) is 2.58. The summed E-state index contributed by atoms with van der Waals surface area (Å²) in [5.74, 6) is 0.104. The summed E-state index contributed by atoms with van der Waals surface area (Å²) in [6, 6.07) is 12.7. The van der Waals surface area contributed by atoms with Crippen LogP contribution in [0, 0.1) is 0 Å². The SMILES string of the molecule is COCCOc1ccc(Br)cc1C(=O)NC(=S)Nc1ccc(Br)cc1. The third-order valence-corrected chi connectivity index (χ3v) is 4.29. The van der Waals surface area contributed by atoms with Gasteiger partial charge in [-0.1, -0.05) is 31.9 Å². The number of methoxy groups -OCH3 is 1. The van der Waals surface area contributed by atoms with Gasteiger partial charge in [0, 0.05) is 21.7 Å². The zero-order chi connectivity index (χ0) is 18.2. The summed E-state index contributed by atoms with van der Waals surface area (Å²) in [6.45, 7) is 0.778. The standard InChI is InChI=1S/C17H16Br2N2O3S/c1-23-8-9-24-15-7-4-12(19)10-14(15)16(22)21-17(25)20-13-5-2-11(18)3-6-13/h2-7,10H,8-9H2,1H3,(H2,20,21,22,25). The van der Waals surface area contributed by atoms with Crippen LogP contribution in [0.2, 0.25) is 0 Å². The highest BCUT2D eigenvalue weighted by atomic mass is 79.9. The number of carbonyl (C=O) groups excluding carboxylic acids is 1. The van der Waals surface area contributed by atoms with E-state index in [-0.39, 0.29) is 11.0 Å². The fourth-order valence-corrected chi connectivity index (χ4v) is 2.74. The summed E-state index contributed by atoms with van der Waals surface area (Å²) in [7, 11) is 1.59. The number of carbonyl (C=O) groups is 1. The fourth-order valence-electron chi connectivity index (χ4n) is 1.91. The van der Waals surface area contributed by atoms with Crippen LogP contribution in [0.4, 0.5) is 5.69 Å². The lowest BCUT2D eigenvalue weighted by molar-refractivity contribution is 0.0969. The molecule has 0 spiro atoms. The lowest BCUT2D eigenvalue weighted by Crippen LogP contribution is -2.34. The summed E-state index contributed by atoms with van der Waals surface area (Å²) < 4.78 is 12.3. The maximum Gasteiger partial charge on any atom is 0.261 e. The highest BCUT2D eigenvalue weighted by Crippen LogP contribution is 2.23. The van der Waals surface area contributed by atoms with Gasteiger partial charge in [0.2, 0.25) is 0 Å². The molecule has 0 saturated carbocycles. The smallest absolute Gasteiger partial charge is 0.261 e. The number of nitrogens with one attached hydrogen (secondary N) is 2. The second kappa shape index (κ2) is 9.86. The minimum absolute atomic E-state index is 0.204. The van der Waals surface area contributed by atoms with Crippen LogP contribution in [0.3, 0.4) is 0 Å². The van der Waals surface area contributed by atoms with Gasteiger partial charge >= 0.3 is 0 Å². The van der Waals surface area contributed by atoms with Crippen molar-refractivity contribution in [3.8, 4) is 5.75 Å². The molecular weight excluding hydrogens is 472 g/mol. The van der Waals surface area contributed by atoms with Crippen molar-refractivity contribution in [2.75, 3.05) is 25.6 Å². The average molecular weight is 488 g/mol. The Morgan fingerprint density at radius 3 is 2.44 bits per heavy atom. The molecule has 0 saturated heterocycles. The molecular formula is C17H16Br2N2O3S. The van der Waals surface area contributed by atoms with Crippen LogP contribution in [0.5, 0.6) is 5.75 Å². The van der Waals surface area contributed by atoms with Gasteiger partial charge in [-0.3, -0.25) is 10.1 Å². The van der Waals surface area contributed by atoms with E-state index < -0.39 is 0 Å². The van der Waals surface area contributed by atoms with Gasteiger partial charge in [-0.05, 0) is 54.7 Å². The van der Waals surface area contributed by atoms with Gasteiger partial charge in [-0.2, -0.15) is 0 Å². The van der Waals surface area contributed by atoms with E-state index in [9.17, 15) is 4.79 Å². The van der Waals surface area contributed by atoms with Crippen LogP contribution in [0.25, 0.3) is 0 Å². The van der Waals surface area contributed by atoms with Crippen LogP contribution in [0.1, 0.15) is 10.4 Å². The topological polar surface area (TPSA) is 59.6 Å². The monoisotopic (exact) mass is 486 g/mol. The molecule has 0 aliphatic carbocycles. The van der Waals surface area contributed by atoms with Crippen LogP contribution < -0.4 is 15.4 Å². The predicted octanol–water partition coefficient (Wildman–Crippen LogP) is 4.36. The molecule has 0 bridgehead atoms. The van der Waals surface area contributed by atoms with E-state index >= 15 is 0 Å². The normalized spacial score (nSPS) is 10.2. The molecule has 2 aromatic carbocycles. The number of hydrogen-bond donors (Lipinski definition) is 2. The summed E-state index contributed by atoms with van der Waals surface area (Å²) in [6.07, 6.45) is 0. The van der Waals surface area contributed by atoms with E-state index in [1.54, 1.807) is 25.3 Å². The number of rotatable bonds is 6. The molecule has 0 atom stereocenters. The first kappa shape index (κ1) is 19.8. The summed E-state index contributed by atoms with van der Waals surface area (Å²) in [5, 5.41) is 5.82. The second-order valence-corrected chi connectivity index (χ2v) is 7.14. The van der Waals surface area contributed by atoms with Crippen molar-refractivity contribution in [1.29, 1.82) is 0 Å². The van der Waals surface area contributed by atoms with Crippen molar-refractivity contribution in [3.63, 3.8) is 0 Å². The van der Waals surface area contributed by atoms with Crippen LogP contribution in [0.15, 0.2) is 51.4 Å². The third kappa shape index (κ3) is 6.39. The predicted molar refractivity (Wildman–Crippen MR) is 109 cm³/mol. The maximum atomic E-state index is 12.5. The summed E-state index contributed by atoms with van der Waals surface area (Å²) >= 11 is 11.9. The molecule has 2 rings (SSSR count). The summed E-state index contributed by atoms with van der Waals surface area (Å²) in [4.78, 5) is 12.5. The number of thiocarbonyl (C=S) groups is 1. The van der Waals surface area contributed by atoms with E-state index in [0.717, 1.165) is 14.6 Å². The first-order valence-corrected chi connectivity index (χ1v) is 9.28. The molecule has 0 unspecified atom stereocenters. The Morgan fingerprint density at radius 1 is 1.08 bits per heavy atom. The first-order valence-electron chi connectivity index (χ1n) is 7.29. The van der Waals surface area contributed by atoms with Gasteiger partial charge in [-0.15, -0.1) is 0 Å². The minimum Gasteiger partial charge on any atom is -0.490 e. The third-order valence-electron chi connectivity index (χ3n) is 3.06. The molecule has 0 aliphatic rings. The van der Waals surface area contributed by atoms with Crippen LogP contribution in [-0.2, 0) is 4.74 Å². The number of ether oxygens (including phenoxy) is 2. The molecule has 0 aromatic heterocycles. The van der Waals surface area contributed by atoms with Gasteiger partial charge in [0.05, 0.1) is 12.2 Å². The lowest BCUT2D eigenvalue weighted by atomic mass is 10.2. The highest BCUT2D eigenvalue weighted by molar-refractivity contribution is 9.10. The Morgan fingerprint density at radius 2 is 1.76 bits per heavy atom. The first-order chi connectivity index (χ1) is 12.0. The molecule has 1 amide bonds. The van der Waals surface area contributed by atoms with E-state index in [1.807, 2.05) is 24.3 Å². The molecule has 0 aliphatic heterocycles. The molecule has 0 radical (unpaired) electrons. The molecule has 2 aromatic rings. The van der Waals surface area contributed by atoms with Crippen molar-refractivity contribution in [2.45, 2.75) is 0 Å². The van der Waals surface area contributed by atoms with Gasteiger partial charge in [0.15, 0.2) is 5.11 Å². The number of benzene rings is 2. The minimum atomic E-state index is -0.358. The van der Waals surface area contributed by atoms with Crippen LogP contribution in [-0.4, -0.2) is 31.3 Å².